The molecule has 2 heterocycles. The van der Waals surface area contributed by atoms with Crippen LogP contribution in [-0.4, -0.2) is 21.0 Å². The molecule has 0 fully saturated rings. The van der Waals surface area contributed by atoms with Crippen LogP contribution in [-0.2, 0) is 25.5 Å². The van der Waals surface area contributed by atoms with Crippen molar-refractivity contribution in [1.29, 1.82) is 0 Å². The van der Waals surface area contributed by atoms with Gasteiger partial charge in [-0.25, -0.2) is 9.78 Å². The van der Waals surface area contributed by atoms with E-state index in [-0.39, 0.29) is 31.2 Å². The third-order valence-corrected chi connectivity index (χ3v) is 7.99. The molecule has 0 spiro atoms. The van der Waals surface area contributed by atoms with E-state index in [1.165, 1.54) is 62.2 Å². The first-order chi connectivity index (χ1) is 19.4. The Morgan fingerprint density at radius 2 is 1.44 bits per heavy atom. The second-order valence-electron chi connectivity index (χ2n) is 10.6. The number of carboxylic acid groups (broad SMARTS) is 1. The van der Waals surface area contributed by atoms with Gasteiger partial charge in [0, 0.05) is 31.7 Å². The normalized spacial score (nSPS) is 12.8. The van der Waals surface area contributed by atoms with Crippen molar-refractivity contribution >= 4 is 16.9 Å². The molecular weight excluding hydrogens is 685 g/mol. The van der Waals surface area contributed by atoms with Crippen LogP contribution in [0.2, 0.25) is 0 Å². The maximum Gasteiger partial charge on any atom is 0.354 e. The minimum absolute atomic E-state index is 0. The molecule has 0 atom stereocenters. The minimum atomic E-state index is -0.990. The van der Waals surface area contributed by atoms with Gasteiger partial charge in [0.1, 0.15) is 5.69 Å². The molecule has 4 nitrogen and oxygen atoms in total. The van der Waals surface area contributed by atoms with Crippen LogP contribution in [0.3, 0.4) is 0 Å². The number of fused-ring (bicyclic) bond motifs is 6. The smallest absolute Gasteiger partial charge is 0.354 e. The molecular formula is C36H25IrN2O2-. The molecule has 41 heavy (non-hydrogen) atoms. The summed E-state index contributed by atoms with van der Waals surface area (Å²) in [6.45, 7) is 4.64. The standard InChI is InChI=1S/C30H20N.C6H5NO2.Ir/c1-30(2)25-15-6-5-11-20(25)22-13-7-14-23(29(22)30)27-17-24-19-10-4-3-9-18(19)21-12-8-16-26(31-27)28(21)24;8-6(9)5-3-1-2-4-7-5;/h3-13,15-17H,1-2H3;1-4H,(H,8,9);/q-1;;. The van der Waals surface area contributed by atoms with Crippen LogP contribution in [0, 0.1) is 6.07 Å². The largest absolute Gasteiger partial charge is 0.477 e. The van der Waals surface area contributed by atoms with Gasteiger partial charge in [-0.3, -0.25) is 4.98 Å². The van der Waals surface area contributed by atoms with Gasteiger partial charge in [0.2, 0.25) is 0 Å². The van der Waals surface area contributed by atoms with Crippen molar-refractivity contribution in [2.45, 2.75) is 19.3 Å². The van der Waals surface area contributed by atoms with Crippen molar-refractivity contribution in [2.24, 2.45) is 0 Å². The first-order valence-electron chi connectivity index (χ1n) is 13.3. The summed E-state index contributed by atoms with van der Waals surface area (Å²) in [5, 5.41) is 9.59. The second kappa shape index (κ2) is 10.2. The molecule has 0 saturated heterocycles. The third-order valence-electron chi connectivity index (χ3n) is 7.99. The number of carboxylic acids is 1. The zero-order chi connectivity index (χ0) is 27.4. The Balaban J connectivity index is 0.000000262. The van der Waals surface area contributed by atoms with E-state index >= 15 is 0 Å². The second-order valence-corrected chi connectivity index (χ2v) is 10.6. The predicted molar refractivity (Wildman–Crippen MR) is 159 cm³/mol. The number of aromatic carboxylic acids is 1. The van der Waals surface area contributed by atoms with E-state index in [0.717, 1.165) is 16.8 Å². The zero-order valence-corrected chi connectivity index (χ0v) is 24.9. The maximum absolute atomic E-state index is 10.1. The number of hydrogen-bond acceptors (Lipinski definition) is 3. The molecule has 0 bridgehead atoms. The molecule has 0 aliphatic heterocycles. The van der Waals surface area contributed by atoms with E-state index in [9.17, 15) is 4.79 Å². The van der Waals surface area contributed by atoms with Gasteiger partial charge in [0.05, 0.1) is 5.52 Å². The summed E-state index contributed by atoms with van der Waals surface area (Å²) in [6.07, 6.45) is 1.45. The molecule has 201 valence electrons. The Morgan fingerprint density at radius 3 is 2.15 bits per heavy atom. The number of hydrogen-bond donors (Lipinski definition) is 1. The summed E-state index contributed by atoms with van der Waals surface area (Å²) >= 11 is 0. The number of pyridine rings is 2. The molecule has 0 saturated carbocycles. The molecule has 5 heteroatoms. The molecule has 8 rings (SSSR count). The Labute approximate surface area is 252 Å². The van der Waals surface area contributed by atoms with Gasteiger partial charge in [0.15, 0.2) is 0 Å². The molecule has 0 amide bonds. The zero-order valence-electron chi connectivity index (χ0n) is 22.5. The Kier molecular flexibility index (Phi) is 6.65. The van der Waals surface area contributed by atoms with Crippen molar-refractivity contribution in [3.63, 3.8) is 0 Å². The quantitative estimate of drug-likeness (QED) is 0.183. The average molecular weight is 710 g/mol. The van der Waals surface area contributed by atoms with Crippen molar-refractivity contribution in [3.8, 4) is 44.6 Å². The van der Waals surface area contributed by atoms with Gasteiger partial charge < -0.3 is 5.11 Å². The van der Waals surface area contributed by atoms with Crippen molar-refractivity contribution in [1.82, 2.24) is 9.97 Å². The monoisotopic (exact) mass is 710 g/mol. The van der Waals surface area contributed by atoms with Crippen LogP contribution in [0.5, 0.6) is 0 Å². The predicted octanol–water partition coefficient (Wildman–Crippen LogP) is 8.43. The Bertz CT molecular complexity index is 1970. The maximum atomic E-state index is 10.1. The minimum Gasteiger partial charge on any atom is -0.477 e. The van der Waals surface area contributed by atoms with Gasteiger partial charge in [-0.15, -0.1) is 29.3 Å². The van der Waals surface area contributed by atoms with E-state index in [2.05, 4.69) is 110 Å². The molecule has 6 aromatic rings. The summed E-state index contributed by atoms with van der Waals surface area (Å²) in [4.78, 5) is 18.9. The topological polar surface area (TPSA) is 63.1 Å². The van der Waals surface area contributed by atoms with Crippen molar-refractivity contribution in [2.75, 3.05) is 0 Å². The number of aromatic nitrogens is 2. The third kappa shape index (κ3) is 4.21. The van der Waals surface area contributed by atoms with E-state index in [1.54, 1.807) is 12.1 Å². The van der Waals surface area contributed by atoms with E-state index < -0.39 is 5.97 Å². The molecule has 1 N–H and O–H groups in total. The summed E-state index contributed by atoms with van der Waals surface area (Å²) in [6, 6.07) is 38.8. The number of carbonyl (C=O) groups is 1. The van der Waals surface area contributed by atoms with Gasteiger partial charge >= 0.3 is 5.97 Å². The molecule has 0 unspecified atom stereocenters. The summed E-state index contributed by atoms with van der Waals surface area (Å²) in [5.74, 6) is -0.990. The Morgan fingerprint density at radius 1 is 0.756 bits per heavy atom. The van der Waals surface area contributed by atoms with E-state index in [1.807, 2.05) is 0 Å². The average Bonchev–Trinajstić information content (AvgIpc) is 3.44. The van der Waals surface area contributed by atoms with Crippen molar-refractivity contribution in [3.05, 3.63) is 132 Å². The van der Waals surface area contributed by atoms with Crippen LogP contribution in [0.15, 0.2) is 109 Å². The molecule has 2 aliphatic carbocycles. The van der Waals surface area contributed by atoms with Crippen LogP contribution in [0.25, 0.3) is 55.5 Å². The number of benzene rings is 4. The fourth-order valence-electron chi connectivity index (χ4n) is 6.27. The van der Waals surface area contributed by atoms with Crippen LogP contribution in [0.1, 0.15) is 35.5 Å². The van der Waals surface area contributed by atoms with E-state index in [0.29, 0.717) is 0 Å². The van der Waals surface area contributed by atoms with E-state index in [4.69, 9.17) is 10.1 Å². The van der Waals surface area contributed by atoms with Gasteiger partial charge in [-0.05, 0) is 62.7 Å². The molecule has 2 aliphatic rings. The van der Waals surface area contributed by atoms with Gasteiger partial charge in [-0.2, -0.15) is 0 Å². The Hall–Kier alpha value is -4.44. The first-order valence-corrected chi connectivity index (χ1v) is 13.3. The number of nitrogens with zero attached hydrogens (tertiary/aromatic N) is 2. The molecule has 1 radical (unpaired) electrons. The van der Waals surface area contributed by atoms with Crippen LogP contribution >= 0.6 is 0 Å². The van der Waals surface area contributed by atoms with Gasteiger partial charge in [0.25, 0.3) is 0 Å². The fraction of sp³-hybridized carbons (Fsp3) is 0.0833. The SMILES string of the molecule is CC1(C)c2ccccc2-c2cc[c-]c(-c3cc4c5c(cccc5n3)-c3ccccc3-4)c21.O=C(O)c1ccccn1.[Ir]. The molecule has 4 aromatic carbocycles. The summed E-state index contributed by atoms with van der Waals surface area (Å²) < 4.78 is 0. The fourth-order valence-corrected chi connectivity index (χ4v) is 6.27. The summed E-state index contributed by atoms with van der Waals surface area (Å²) in [7, 11) is 0. The number of rotatable bonds is 2. The van der Waals surface area contributed by atoms with Gasteiger partial charge in [-0.1, -0.05) is 92.2 Å². The molecule has 2 aromatic heterocycles. The van der Waals surface area contributed by atoms with Crippen LogP contribution in [0.4, 0.5) is 0 Å². The van der Waals surface area contributed by atoms with Crippen LogP contribution < -0.4 is 0 Å². The van der Waals surface area contributed by atoms with Crippen molar-refractivity contribution < 1.29 is 30.0 Å². The first kappa shape index (κ1) is 26.8. The summed E-state index contributed by atoms with van der Waals surface area (Å²) in [5.41, 5.74) is 13.7.